The minimum absolute atomic E-state index is 0.0749. The van der Waals surface area contributed by atoms with Gasteiger partial charge in [0.2, 0.25) is 0 Å². The maximum absolute atomic E-state index is 13.0. The van der Waals surface area contributed by atoms with Crippen molar-refractivity contribution in [1.29, 1.82) is 0 Å². The van der Waals surface area contributed by atoms with Crippen molar-refractivity contribution in [3.05, 3.63) is 46.5 Å². The molecule has 0 aliphatic carbocycles. The highest BCUT2D eigenvalue weighted by molar-refractivity contribution is 5.47. The summed E-state index contributed by atoms with van der Waals surface area (Å²) in [6.45, 7) is 3.46. The summed E-state index contributed by atoms with van der Waals surface area (Å²) in [7, 11) is 3.79. The molecule has 1 spiro atoms. The van der Waals surface area contributed by atoms with Crippen LogP contribution in [-0.4, -0.2) is 52.1 Å². The number of imidazole rings is 1. The molecule has 5 rings (SSSR count). The topological polar surface area (TPSA) is 86.7 Å². The van der Waals surface area contributed by atoms with E-state index in [1.165, 1.54) is 5.56 Å². The van der Waals surface area contributed by atoms with Crippen LogP contribution in [0.15, 0.2) is 29.6 Å². The number of likely N-dealkylation sites (tertiary alicyclic amines) is 1. The molecule has 2 aliphatic heterocycles. The zero-order valence-corrected chi connectivity index (χ0v) is 15.5. The number of rotatable bonds is 3. The summed E-state index contributed by atoms with van der Waals surface area (Å²) >= 11 is 0. The third-order valence-electron chi connectivity index (χ3n) is 5.87. The molecular weight excluding hydrogens is 344 g/mol. The standard InChI is InChI=1S/C18H22N8O/c1-23-8-5-19-15(23)14-16(27)26-7-4-18(17(26)22-21-14)3-6-25(12-18)11-13-9-20-24(2)10-13/h5,8-10H,3-4,6-7,11-12H2,1-2H3/t18-/m0/s1. The highest BCUT2D eigenvalue weighted by Crippen LogP contribution is 2.41. The minimum atomic E-state index is -0.0862. The second-order valence-electron chi connectivity index (χ2n) is 7.70. The molecule has 1 saturated heterocycles. The van der Waals surface area contributed by atoms with E-state index in [1.54, 1.807) is 10.8 Å². The Kier molecular flexibility index (Phi) is 3.55. The first-order valence-electron chi connectivity index (χ1n) is 9.21. The lowest BCUT2D eigenvalue weighted by Crippen LogP contribution is -2.33. The van der Waals surface area contributed by atoms with Gasteiger partial charge >= 0.3 is 0 Å². The van der Waals surface area contributed by atoms with Crippen LogP contribution in [0.25, 0.3) is 11.5 Å². The first-order valence-corrected chi connectivity index (χ1v) is 9.21. The van der Waals surface area contributed by atoms with Crippen LogP contribution in [0, 0.1) is 0 Å². The average Bonchev–Trinajstić information content (AvgIpc) is 3.41. The summed E-state index contributed by atoms with van der Waals surface area (Å²) in [5.41, 5.74) is 1.38. The highest BCUT2D eigenvalue weighted by atomic mass is 16.1. The van der Waals surface area contributed by atoms with Gasteiger partial charge in [0.15, 0.2) is 11.5 Å². The first kappa shape index (κ1) is 16.4. The van der Waals surface area contributed by atoms with Crippen molar-refractivity contribution < 1.29 is 0 Å². The Balaban J connectivity index is 1.44. The van der Waals surface area contributed by atoms with Crippen LogP contribution >= 0.6 is 0 Å². The fourth-order valence-electron chi connectivity index (χ4n) is 4.48. The normalized spacial score (nSPS) is 22.0. The molecule has 140 valence electrons. The van der Waals surface area contributed by atoms with Gasteiger partial charge < -0.3 is 4.57 Å². The van der Waals surface area contributed by atoms with Gasteiger partial charge in [-0.2, -0.15) is 5.10 Å². The number of aromatic nitrogens is 7. The average molecular weight is 366 g/mol. The van der Waals surface area contributed by atoms with Gasteiger partial charge in [-0.15, -0.1) is 10.2 Å². The molecular formula is C18H22N8O. The highest BCUT2D eigenvalue weighted by Gasteiger charge is 2.47. The fourth-order valence-corrected chi connectivity index (χ4v) is 4.48. The van der Waals surface area contributed by atoms with Crippen LogP contribution in [0.5, 0.6) is 0 Å². The molecule has 3 aromatic heterocycles. The van der Waals surface area contributed by atoms with E-state index in [4.69, 9.17) is 0 Å². The van der Waals surface area contributed by atoms with E-state index in [0.717, 1.165) is 38.3 Å². The van der Waals surface area contributed by atoms with Crippen molar-refractivity contribution in [3.8, 4) is 11.5 Å². The lowest BCUT2D eigenvalue weighted by Gasteiger charge is -2.22. The molecule has 5 heterocycles. The van der Waals surface area contributed by atoms with Crippen molar-refractivity contribution in [2.75, 3.05) is 13.1 Å². The quantitative estimate of drug-likeness (QED) is 0.664. The van der Waals surface area contributed by atoms with Gasteiger partial charge in [-0.25, -0.2) is 4.98 Å². The number of nitrogens with zero attached hydrogens (tertiary/aromatic N) is 8. The first-order chi connectivity index (χ1) is 13.1. The van der Waals surface area contributed by atoms with E-state index < -0.39 is 0 Å². The number of aryl methyl sites for hydroxylation is 2. The molecule has 3 aromatic rings. The smallest absolute Gasteiger partial charge is 0.283 e. The number of hydrogen-bond donors (Lipinski definition) is 0. The Morgan fingerprint density at radius 2 is 2.04 bits per heavy atom. The van der Waals surface area contributed by atoms with Gasteiger partial charge in [0.1, 0.15) is 5.82 Å². The molecule has 0 saturated carbocycles. The molecule has 1 fully saturated rings. The molecule has 2 aliphatic rings. The molecule has 9 nitrogen and oxygen atoms in total. The summed E-state index contributed by atoms with van der Waals surface area (Å²) in [5.74, 6) is 1.40. The second kappa shape index (κ2) is 5.85. The van der Waals surface area contributed by atoms with Gasteiger partial charge in [-0.05, 0) is 19.4 Å². The second-order valence-corrected chi connectivity index (χ2v) is 7.70. The van der Waals surface area contributed by atoms with Gasteiger partial charge in [0, 0.05) is 63.3 Å². The van der Waals surface area contributed by atoms with Gasteiger partial charge in [0.05, 0.1) is 6.20 Å². The Morgan fingerprint density at radius 3 is 2.78 bits per heavy atom. The number of fused-ring (bicyclic) bond motifs is 2. The third kappa shape index (κ3) is 2.53. The lowest BCUT2D eigenvalue weighted by molar-refractivity contribution is 0.299. The Labute approximate surface area is 156 Å². The molecule has 9 heteroatoms. The monoisotopic (exact) mass is 366 g/mol. The summed E-state index contributed by atoms with van der Waals surface area (Å²) in [6.07, 6.45) is 9.38. The Bertz CT molecular complexity index is 1060. The molecule has 0 radical (unpaired) electrons. The largest absolute Gasteiger partial charge is 0.333 e. The zero-order chi connectivity index (χ0) is 18.6. The van der Waals surface area contributed by atoms with Crippen LogP contribution in [0.2, 0.25) is 0 Å². The predicted molar refractivity (Wildman–Crippen MR) is 97.9 cm³/mol. The fraction of sp³-hybridized carbons (Fsp3) is 0.500. The van der Waals surface area contributed by atoms with Crippen molar-refractivity contribution in [2.45, 2.75) is 31.3 Å². The van der Waals surface area contributed by atoms with E-state index in [2.05, 4.69) is 31.4 Å². The van der Waals surface area contributed by atoms with Gasteiger partial charge in [-0.3, -0.25) is 18.9 Å². The predicted octanol–water partition coefficient (Wildman–Crippen LogP) is 0.320. The summed E-state index contributed by atoms with van der Waals surface area (Å²) in [5, 5.41) is 13.1. The zero-order valence-electron chi connectivity index (χ0n) is 15.5. The van der Waals surface area contributed by atoms with Crippen LogP contribution < -0.4 is 5.56 Å². The maximum atomic E-state index is 13.0. The van der Waals surface area contributed by atoms with Crippen LogP contribution in [-0.2, 0) is 32.6 Å². The van der Waals surface area contributed by atoms with Crippen molar-refractivity contribution >= 4 is 0 Å². The van der Waals surface area contributed by atoms with Crippen molar-refractivity contribution in [1.82, 2.24) is 39.0 Å². The van der Waals surface area contributed by atoms with Crippen LogP contribution in [0.4, 0.5) is 0 Å². The van der Waals surface area contributed by atoms with E-state index >= 15 is 0 Å². The van der Waals surface area contributed by atoms with Crippen LogP contribution in [0.3, 0.4) is 0 Å². The molecule has 0 bridgehead atoms. The third-order valence-corrected chi connectivity index (χ3v) is 5.87. The Morgan fingerprint density at radius 1 is 1.19 bits per heavy atom. The summed E-state index contributed by atoms with van der Waals surface area (Å²) in [4.78, 5) is 19.7. The van der Waals surface area contributed by atoms with Gasteiger partial charge in [0.25, 0.3) is 5.56 Å². The molecule has 0 aromatic carbocycles. The van der Waals surface area contributed by atoms with E-state index in [-0.39, 0.29) is 11.0 Å². The molecule has 0 unspecified atom stereocenters. The summed E-state index contributed by atoms with van der Waals surface area (Å²) in [6, 6.07) is 0. The summed E-state index contributed by atoms with van der Waals surface area (Å²) < 4.78 is 5.44. The minimum Gasteiger partial charge on any atom is -0.333 e. The van der Waals surface area contributed by atoms with E-state index in [1.807, 2.05) is 35.7 Å². The molecule has 27 heavy (non-hydrogen) atoms. The molecule has 0 N–H and O–H groups in total. The maximum Gasteiger partial charge on any atom is 0.283 e. The number of hydrogen-bond acceptors (Lipinski definition) is 6. The van der Waals surface area contributed by atoms with Gasteiger partial charge in [-0.1, -0.05) is 0 Å². The molecule has 0 amide bonds. The lowest BCUT2D eigenvalue weighted by atomic mass is 9.85. The SMILES string of the molecule is Cn1cc(CN2CC[C@]3(CCn4c3nnc(-c3nccn3C)c4=O)C2)cn1. The van der Waals surface area contributed by atoms with Crippen molar-refractivity contribution in [2.24, 2.45) is 14.1 Å². The van der Waals surface area contributed by atoms with E-state index in [0.29, 0.717) is 18.1 Å². The van der Waals surface area contributed by atoms with E-state index in [9.17, 15) is 4.79 Å². The Hall–Kier alpha value is -2.81. The molecule has 1 atom stereocenters. The van der Waals surface area contributed by atoms with Crippen LogP contribution in [0.1, 0.15) is 24.2 Å². The van der Waals surface area contributed by atoms with Crippen molar-refractivity contribution in [3.63, 3.8) is 0 Å².